The fourth-order valence-electron chi connectivity index (χ4n) is 1.38. The van der Waals surface area contributed by atoms with Crippen LogP contribution in [-0.4, -0.2) is 6.21 Å². The monoisotopic (exact) mass is 244 g/mol. The second-order valence-electron chi connectivity index (χ2n) is 3.76. The molecule has 86 valence electrons. The Labute approximate surface area is 106 Å². The van der Waals surface area contributed by atoms with Gasteiger partial charge in [-0.2, -0.15) is 5.10 Å². The maximum atomic E-state index is 6.01. The molecule has 0 aromatic heterocycles. The molecule has 3 heteroatoms. The van der Waals surface area contributed by atoms with Crippen LogP contribution in [0.3, 0.4) is 0 Å². The lowest BCUT2D eigenvalue weighted by Gasteiger charge is -2.00. The molecule has 1 N–H and O–H groups in total. The second kappa shape index (κ2) is 5.51. The highest BCUT2D eigenvalue weighted by molar-refractivity contribution is 6.33. The number of hydrogen-bond donors (Lipinski definition) is 1. The van der Waals surface area contributed by atoms with Gasteiger partial charge < -0.3 is 0 Å². The maximum Gasteiger partial charge on any atom is 0.0561 e. The van der Waals surface area contributed by atoms with E-state index in [-0.39, 0.29) is 0 Å². The SMILES string of the molecule is Cc1ccc(N/N=C\c2ccccc2Cl)cc1. The molecule has 0 saturated carbocycles. The van der Waals surface area contributed by atoms with Gasteiger partial charge in [0, 0.05) is 10.6 Å². The number of nitrogens with zero attached hydrogens (tertiary/aromatic N) is 1. The molecule has 0 atom stereocenters. The van der Waals surface area contributed by atoms with Gasteiger partial charge in [0.2, 0.25) is 0 Å². The Bertz CT molecular complexity index is 518. The van der Waals surface area contributed by atoms with E-state index in [2.05, 4.69) is 17.5 Å². The van der Waals surface area contributed by atoms with E-state index >= 15 is 0 Å². The van der Waals surface area contributed by atoms with Gasteiger partial charge in [-0.25, -0.2) is 0 Å². The number of hydrazone groups is 1. The number of halogens is 1. The first kappa shape index (κ1) is 11.7. The molecule has 0 saturated heterocycles. The lowest BCUT2D eigenvalue weighted by atomic mass is 10.2. The van der Waals surface area contributed by atoms with Gasteiger partial charge in [-0.3, -0.25) is 5.43 Å². The van der Waals surface area contributed by atoms with Gasteiger partial charge in [-0.1, -0.05) is 47.5 Å². The molecule has 0 bridgehead atoms. The van der Waals surface area contributed by atoms with E-state index < -0.39 is 0 Å². The first-order valence-corrected chi connectivity index (χ1v) is 5.74. The van der Waals surface area contributed by atoms with Gasteiger partial charge in [0.1, 0.15) is 0 Å². The Balaban J connectivity index is 2.03. The minimum Gasteiger partial charge on any atom is -0.279 e. The molecule has 2 aromatic carbocycles. The molecule has 0 spiro atoms. The van der Waals surface area contributed by atoms with Crippen molar-refractivity contribution >= 4 is 23.5 Å². The first-order chi connectivity index (χ1) is 8.25. The average Bonchev–Trinajstić information content (AvgIpc) is 2.34. The van der Waals surface area contributed by atoms with Gasteiger partial charge in [0.05, 0.1) is 11.9 Å². The zero-order valence-electron chi connectivity index (χ0n) is 9.52. The third kappa shape index (κ3) is 3.33. The van der Waals surface area contributed by atoms with Crippen molar-refractivity contribution in [1.29, 1.82) is 0 Å². The van der Waals surface area contributed by atoms with Crippen LogP contribution in [0, 0.1) is 6.92 Å². The summed E-state index contributed by atoms with van der Waals surface area (Å²) in [5.41, 5.74) is 6.04. The second-order valence-corrected chi connectivity index (χ2v) is 4.16. The predicted molar refractivity (Wildman–Crippen MR) is 73.8 cm³/mol. The molecule has 0 amide bonds. The summed E-state index contributed by atoms with van der Waals surface area (Å²) in [6, 6.07) is 15.6. The highest BCUT2D eigenvalue weighted by Gasteiger charge is 1.93. The van der Waals surface area contributed by atoms with E-state index in [0.29, 0.717) is 5.02 Å². The van der Waals surface area contributed by atoms with Crippen molar-refractivity contribution in [3.05, 3.63) is 64.7 Å². The molecule has 0 aliphatic rings. The van der Waals surface area contributed by atoms with E-state index in [1.54, 1.807) is 6.21 Å². The number of hydrogen-bond acceptors (Lipinski definition) is 2. The molecule has 0 aliphatic carbocycles. The van der Waals surface area contributed by atoms with Gasteiger partial charge in [-0.05, 0) is 25.1 Å². The van der Waals surface area contributed by atoms with E-state index in [9.17, 15) is 0 Å². The largest absolute Gasteiger partial charge is 0.279 e. The van der Waals surface area contributed by atoms with E-state index in [4.69, 9.17) is 11.6 Å². The molecular formula is C14H13ClN2. The van der Waals surface area contributed by atoms with Crippen LogP contribution in [-0.2, 0) is 0 Å². The highest BCUT2D eigenvalue weighted by Crippen LogP contribution is 2.13. The summed E-state index contributed by atoms with van der Waals surface area (Å²) in [6.07, 6.45) is 1.71. The molecule has 17 heavy (non-hydrogen) atoms. The molecule has 0 fully saturated rings. The lowest BCUT2D eigenvalue weighted by molar-refractivity contribution is 1.34. The van der Waals surface area contributed by atoms with Crippen LogP contribution < -0.4 is 5.43 Å². The van der Waals surface area contributed by atoms with E-state index in [0.717, 1.165) is 11.3 Å². The summed E-state index contributed by atoms with van der Waals surface area (Å²) < 4.78 is 0. The van der Waals surface area contributed by atoms with Crippen molar-refractivity contribution in [2.45, 2.75) is 6.92 Å². The average molecular weight is 245 g/mol. The first-order valence-electron chi connectivity index (χ1n) is 5.36. The van der Waals surface area contributed by atoms with Crippen molar-refractivity contribution in [3.8, 4) is 0 Å². The highest BCUT2D eigenvalue weighted by atomic mass is 35.5. The third-order valence-corrected chi connectivity index (χ3v) is 2.70. The van der Waals surface area contributed by atoms with Crippen molar-refractivity contribution in [2.24, 2.45) is 5.10 Å². The number of aryl methyl sites for hydroxylation is 1. The van der Waals surface area contributed by atoms with Crippen LogP contribution in [0.1, 0.15) is 11.1 Å². The summed E-state index contributed by atoms with van der Waals surface area (Å²) in [6.45, 7) is 2.05. The molecule has 2 aromatic rings. The standard InChI is InChI=1S/C14H13ClN2/c1-11-6-8-13(9-7-11)17-16-10-12-4-2-3-5-14(12)15/h2-10,17H,1H3/b16-10-. The zero-order valence-corrected chi connectivity index (χ0v) is 10.3. The number of anilines is 1. The minimum absolute atomic E-state index is 0.696. The Hall–Kier alpha value is -1.80. The van der Waals surface area contributed by atoms with Crippen LogP contribution in [0.2, 0.25) is 5.02 Å². The van der Waals surface area contributed by atoms with E-state index in [1.165, 1.54) is 5.56 Å². The normalized spacial score (nSPS) is 10.7. The van der Waals surface area contributed by atoms with Crippen LogP contribution in [0.5, 0.6) is 0 Å². The molecule has 0 unspecified atom stereocenters. The van der Waals surface area contributed by atoms with Crippen LogP contribution in [0.4, 0.5) is 5.69 Å². The number of benzene rings is 2. The van der Waals surface area contributed by atoms with Gasteiger partial charge in [-0.15, -0.1) is 0 Å². The fourth-order valence-corrected chi connectivity index (χ4v) is 1.57. The molecule has 2 rings (SSSR count). The summed E-state index contributed by atoms with van der Waals surface area (Å²) in [4.78, 5) is 0. The maximum absolute atomic E-state index is 6.01. The molecule has 0 radical (unpaired) electrons. The Morgan fingerprint density at radius 3 is 2.47 bits per heavy atom. The van der Waals surface area contributed by atoms with Gasteiger partial charge in [0.25, 0.3) is 0 Å². The molecule has 0 aliphatic heterocycles. The summed E-state index contributed by atoms with van der Waals surface area (Å²) in [5, 5.41) is 4.84. The Kier molecular flexibility index (Phi) is 3.78. The van der Waals surface area contributed by atoms with Crippen molar-refractivity contribution in [3.63, 3.8) is 0 Å². The number of nitrogens with one attached hydrogen (secondary N) is 1. The smallest absolute Gasteiger partial charge is 0.0561 e. The summed E-state index contributed by atoms with van der Waals surface area (Å²) >= 11 is 6.01. The topological polar surface area (TPSA) is 24.4 Å². The Morgan fingerprint density at radius 1 is 1.06 bits per heavy atom. The van der Waals surface area contributed by atoms with Crippen LogP contribution in [0.25, 0.3) is 0 Å². The van der Waals surface area contributed by atoms with Crippen molar-refractivity contribution in [2.75, 3.05) is 5.43 Å². The van der Waals surface area contributed by atoms with Crippen molar-refractivity contribution in [1.82, 2.24) is 0 Å². The fraction of sp³-hybridized carbons (Fsp3) is 0.0714. The van der Waals surface area contributed by atoms with Gasteiger partial charge >= 0.3 is 0 Å². The molecule has 0 heterocycles. The summed E-state index contributed by atoms with van der Waals surface area (Å²) in [5.74, 6) is 0. The zero-order chi connectivity index (χ0) is 12.1. The van der Waals surface area contributed by atoms with Crippen LogP contribution >= 0.6 is 11.6 Å². The third-order valence-electron chi connectivity index (χ3n) is 2.35. The number of rotatable bonds is 3. The lowest BCUT2D eigenvalue weighted by Crippen LogP contribution is -1.90. The molecule has 2 nitrogen and oxygen atoms in total. The van der Waals surface area contributed by atoms with Crippen molar-refractivity contribution < 1.29 is 0 Å². The van der Waals surface area contributed by atoms with Crippen LogP contribution in [0.15, 0.2) is 53.6 Å². The minimum atomic E-state index is 0.696. The predicted octanol–water partition coefficient (Wildman–Crippen LogP) is 4.09. The van der Waals surface area contributed by atoms with E-state index in [1.807, 2.05) is 48.5 Å². The summed E-state index contributed by atoms with van der Waals surface area (Å²) in [7, 11) is 0. The quantitative estimate of drug-likeness (QED) is 0.638. The Morgan fingerprint density at radius 2 is 1.76 bits per heavy atom. The molecular weight excluding hydrogens is 232 g/mol. The van der Waals surface area contributed by atoms with Gasteiger partial charge in [0.15, 0.2) is 0 Å².